The fraction of sp³-hybridized carbons (Fsp3) is 1.00. The Hall–Kier alpha value is -0.0900. The number of rotatable bonds is 3. The van der Waals surface area contributed by atoms with Crippen molar-refractivity contribution >= 4 is 9.84 Å². The van der Waals surface area contributed by atoms with E-state index in [0.29, 0.717) is 18.8 Å². The topological polar surface area (TPSA) is 54.4 Å². The second-order valence-electron chi connectivity index (χ2n) is 5.71. The van der Waals surface area contributed by atoms with Gasteiger partial charge in [0, 0.05) is 0 Å². The number of hydrogen-bond acceptors (Lipinski definition) is 3. The molecule has 0 bridgehead atoms. The van der Waals surface area contributed by atoms with Crippen LogP contribution < -0.4 is 0 Å². The summed E-state index contributed by atoms with van der Waals surface area (Å²) in [6.07, 6.45) is 8.59. The van der Waals surface area contributed by atoms with Crippen LogP contribution in [0.25, 0.3) is 0 Å². The lowest BCUT2D eigenvalue weighted by atomic mass is 9.84. The number of aliphatic hydroxyl groups is 1. The molecule has 1 saturated carbocycles. The van der Waals surface area contributed by atoms with Gasteiger partial charge in [-0.15, -0.1) is 0 Å². The Bertz CT molecular complexity index is 331. The second-order valence-corrected chi connectivity index (χ2v) is 8.05. The molecule has 0 aromatic heterocycles. The molecule has 0 aromatic rings. The predicted octanol–water partition coefficient (Wildman–Crippen LogP) is 2.29. The Morgan fingerprint density at radius 1 is 1.00 bits per heavy atom. The van der Waals surface area contributed by atoms with Gasteiger partial charge in [0.1, 0.15) is 0 Å². The highest BCUT2D eigenvalue weighted by Crippen LogP contribution is 2.31. The average molecular weight is 260 g/mol. The molecular formula is C13H24O3S. The van der Waals surface area contributed by atoms with Crippen molar-refractivity contribution < 1.29 is 13.5 Å². The van der Waals surface area contributed by atoms with Gasteiger partial charge in [-0.2, -0.15) is 0 Å². The Kier molecular flexibility index (Phi) is 4.47. The summed E-state index contributed by atoms with van der Waals surface area (Å²) in [5, 5.41) is 9.71. The van der Waals surface area contributed by atoms with Crippen LogP contribution in [0.3, 0.4) is 0 Å². The summed E-state index contributed by atoms with van der Waals surface area (Å²) in [6.45, 7) is 0. The minimum atomic E-state index is -3.02. The zero-order valence-electron chi connectivity index (χ0n) is 10.5. The largest absolute Gasteiger partial charge is 0.392 e. The third-order valence-electron chi connectivity index (χ3n) is 4.36. The van der Waals surface area contributed by atoms with Crippen molar-refractivity contribution in [2.45, 2.75) is 69.1 Å². The van der Waals surface area contributed by atoms with Gasteiger partial charge in [-0.3, -0.25) is 0 Å². The van der Waals surface area contributed by atoms with Crippen molar-refractivity contribution in [2.75, 3.05) is 5.75 Å². The Labute approximate surface area is 105 Å². The van der Waals surface area contributed by atoms with Crippen molar-refractivity contribution in [3.63, 3.8) is 0 Å². The summed E-state index contributed by atoms with van der Waals surface area (Å²) < 4.78 is 23.8. The van der Waals surface area contributed by atoms with Crippen LogP contribution in [0.5, 0.6) is 0 Å². The third kappa shape index (κ3) is 3.44. The molecule has 4 heteroatoms. The molecule has 1 aliphatic carbocycles. The van der Waals surface area contributed by atoms with Crippen LogP contribution in [0.2, 0.25) is 0 Å². The molecule has 0 aromatic carbocycles. The molecule has 0 amide bonds. The number of hydrogen-bond donors (Lipinski definition) is 1. The minimum Gasteiger partial charge on any atom is -0.392 e. The molecular weight excluding hydrogens is 236 g/mol. The van der Waals surface area contributed by atoms with Crippen molar-refractivity contribution in [2.24, 2.45) is 5.92 Å². The van der Waals surface area contributed by atoms with Crippen LogP contribution in [0, 0.1) is 5.92 Å². The van der Waals surface area contributed by atoms with E-state index in [0.717, 1.165) is 12.8 Å². The summed E-state index contributed by atoms with van der Waals surface area (Å²) >= 11 is 0. The smallest absolute Gasteiger partial charge is 0.155 e. The zero-order valence-corrected chi connectivity index (χ0v) is 11.3. The number of aliphatic hydroxyl groups excluding tert-OH is 1. The molecule has 0 spiro atoms. The lowest BCUT2D eigenvalue weighted by Crippen LogP contribution is -2.39. The highest BCUT2D eigenvalue weighted by Gasteiger charge is 2.35. The summed E-state index contributed by atoms with van der Waals surface area (Å²) in [5.41, 5.74) is 0. The van der Waals surface area contributed by atoms with E-state index in [4.69, 9.17) is 0 Å². The predicted molar refractivity (Wildman–Crippen MR) is 68.6 cm³/mol. The van der Waals surface area contributed by atoms with Crippen LogP contribution in [0.1, 0.15) is 57.8 Å². The quantitative estimate of drug-likeness (QED) is 0.847. The average Bonchev–Trinajstić information content (AvgIpc) is 2.29. The second kappa shape index (κ2) is 5.70. The summed E-state index contributed by atoms with van der Waals surface area (Å²) in [7, 11) is -3.02. The summed E-state index contributed by atoms with van der Waals surface area (Å²) in [6, 6.07) is 0. The normalized spacial score (nSPS) is 32.2. The van der Waals surface area contributed by atoms with E-state index < -0.39 is 21.2 Å². The highest BCUT2D eigenvalue weighted by molar-refractivity contribution is 7.92. The van der Waals surface area contributed by atoms with Crippen LogP contribution in [-0.2, 0) is 9.84 Å². The first-order valence-corrected chi connectivity index (χ1v) is 8.71. The molecule has 1 saturated heterocycles. The van der Waals surface area contributed by atoms with Gasteiger partial charge in [0.2, 0.25) is 0 Å². The van der Waals surface area contributed by atoms with Crippen molar-refractivity contribution in [3.05, 3.63) is 0 Å². The van der Waals surface area contributed by atoms with Gasteiger partial charge in [0.25, 0.3) is 0 Å². The van der Waals surface area contributed by atoms with Gasteiger partial charge in [-0.05, 0) is 25.2 Å². The van der Waals surface area contributed by atoms with E-state index in [-0.39, 0.29) is 5.75 Å². The lowest BCUT2D eigenvalue weighted by Gasteiger charge is -2.30. The first kappa shape index (κ1) is 13.3. The van der Waals surface area contributed by atoms with E-state index >= 15 is 0 Å². The van der Waals surface area contributed by atoms with Gasteiger partial charge in [-0.25, -0.2) is 8.42 Å². The fourth-order valence-corrected chi connectivity index (χ4v) is 5.35. The SMILES string of the molecule is O=S1(=O)CCCCC1C(O)CC1CCCCC1. The van der Waals surface area contributed by atoms with Crippen LogP contribution in [-0.4, -0.2) is 30.6 Å². The molecule has 1 aliphatic heterocycles. The maximum Gasteiger partial charge on any atom is 0.155 e. The summed E-state index contributed by atoms with van der Waals surface area (Å²) in [5.74, 6) is 0.829. The molecule has 2 rings (SSSR count). The molecule has 1 N–H and O–H groups in total. The van der Waals surface area contributed by atoms with Crippen molar-refractivity contribution in [1.82, 2.24) is 0 Å². The van der Waals surface area contributed by atoms with Gasteiger partial charge < -0.3 is 5.11 Å². The van der Waals surface area contributed by atoms with Gasteiger partial charge in [0.15, 0.2) is 9.84 Å². The molecule has 3 nitrogen and oxygen atoms in total. The van der Waals surface area contributed by atoms with E-state index in [1.165, 1.54) is 32.1 Å². The van der Waals surface area contributed by atoms with Gasteiger partial charge in [-0.1, -0.05) is 38.5 Å². The third-order valence-corrected chi connectivity index (χ3v) is 6.69. The Balaban J connectivity index is 1.91. The lowest BCUT2D eigenvalue weighted by molar-refractivity contribution is 0.120. The highest BCUT2D eigenvalue weighted by atomic mass is 32.2. The monoisotopic (exact) mass is 260 g/mol. The first-order chi connectivity index (χ1) is 8.09. The Morgan fingerprint density at radius 3 is 2.29 bits per heavy atom. The molecule has 2 atom stereocenters. The van der Waals surface area contributed by atoms with Crippen molar-refractivity contribution in [3.8, 4) is 0 Å². The minimum absolute atomic E-state index is 0.277. The fourth-order valence-electron chi connectivity index (χ4n) is 3.33. The molecule has 0 radical (unpaired) electrons. The molecule has 2 aliphatic rings. The van der Waals surface area contributed by atoms with Crippen LogP contribution >= 0.6 is 0 Å². The molecule has 100 valence electrons. The molecule has 2 unspecified atom stereocenters. The van der Waals surface area contributed by atoms with E-state index in [2.05, 4.69) is 0 Å². The number of sulfone groups is 1. The van der Waals surface area contributed by atoms with E-state index in [9.17, 15) is 13.5 Å². The van der Waals surface area contributed by atoms with E-state index in [1.807, 2.05) is 0 Å². The molecule has 2 fully saturated rings. The first-order valence-electron chi connectivity index (χ1n) is 6.99. The standard InChI is InChI=1S/C13H24O3S/c14-12(10-11-6-2-1-3-7-11)13-8-4-5-9-17(13,15)16/h11-14H,1-10H2. The maximum absolute atomic E-state index is 11.9. The zero-order chi connectivity index (χ0) is 12.3. The van der Waals surface area contributed by atoms with Gasteiger partial charge in [0.05, 0.1) is 17.1 Å². The van der Waals surface area contributed by atoms with Gasteiger partial charge >= 0.3 is 0 Å². The molecule has 17 heavy (non-hydrogen) atoms. The summed E-state index contributed by atoms with van der Waals surface area (Å²) in [4.78, 5) is 0. The van der Waals surface area contributed by atoms with Crippen LogP contribution in [0.15, 0.2) is 0 Å². The maximum atomic E-state index is 11.9. The van der Waals surface area contributed by atoms with Crippen LogP contribution in [0.4, 0.5) is 0 Å². The van der Waals surface area contributed by atoms with E-state index in [1.54, 1.807) is 0 Å². The molecule has 1 heterocycles. The Morgan fingerprint density at radius 2 is 1.65 bits per heavy atom. The van der Waals surface area contributed by atoms with Crippen molar-refractivity contribution in [1.29, 1.82) is 0 Å².